The highest BCUT2D eigenvalue weighted by Crippen LogP contribution is 2.40. The van der Waals surface area contributed by atoms with Crippen LogP contribution >= 0.6 is 11.3 Å². The number of nitrogens with zero attached hydrogens (tertiary/aromatic N) is 1. The summed E-state index contributed by atoms with van der Waals surface area (Å²) in [4.78, 5) is 10.3. The number of rotatable bonds is 6. The van der Waals surface area contributed by atoms with E-state index in [0.29, 0.717) is 6.54 Å². The molecule has 1 fully saturated rings. The zero-order valence-corrected chi connectivity index (χ0v) is 12.9. The van der Waals surface area contributed by atoms with E-state index in [1.807, 2.05) is 6.92 Å². The Morgan fingerprint density at radius 1 is 1.50 bits per heavy atom. The van der Waals surface area contributed by atoms with Crippen LogP contribution in [0.25, 0.3) is 0 Å². The normalized spacial score (nSPS) is 17.5. The fraction of sp³-hybridized carbons (Fsp3) is 0.636. The van der Waals surface area contributed by atoms with Crippen LogP contribution in [0.2, 0.25) is 0 Å². The third kappa shape index (κ3) is 2.94. The molecule has 1 aliphatic carbocycles. The van der Waals surface area contributed by atoms with Crippen LogP contribution in [0.15, 0.2) is 10.3 Å². The zero-order valence-electron chi connectivity index (χ0n) is 11.3. The minimum Gasteiger partial charge on any atom is -0.374 e. The van der Waals surface area contributed by atoms with Crippen molar-refractivity contribution in [1.29, 1.82) is 0 Å². The Hall–Kier alpha value is -1.19. The van der Waals surface area contributed by atoms with Gasteiger partial charge in [0.2, 0.25) is 10.0 Å². The first-order chi connectivity index (χ1) is 9.27. The molecule has 0 bridgehead atoms. The average molecular weight is 319 g/mol. The number of hydrogen-bond acceptors (Lipinski definition) is 6. The Morgan fingerprint density at radius 2 is 2.15 bits per heavy atom. The predicted molar refractivity (Wildman–Crippen MR) is 77.7 cm³/mol. The SMILES string of the molecule is CNc1sc(S(=O)(=O)NCC2(C)CCC2)cc1[N+](=O)[O-]. The lowest BCUT2D eigenvalue weighted by atomic mass is 9.71. The van der Waals surface area contributed by atoms with E-state index >= 15 is 0 Å². The van der Waals surface area contributed by atoms with E-state index in [0.717, 1.165) is 36.7 Å². The fourth-order valence-electron chi connectivity index (χ4n) is 2.10. The Balaban J connectivity index is 2.18. The monoisotopic (exact) mass is 319 g/mol. The summed E-state index contributed by atoms with van der Waals surface area (Å²) in [6.07, 6.45) is 3.12. The molecule has 0 radical (unpaired) electrons. The Labute approximate surface area is 121 Å². The highest BCUT2D eigenvalue weighted by atomic mass is 32.2. The van der Waals surface area contributed by atoms with E-state index in [-0.39, 0.29) is 20.3 Å². The molecule has 0 spiro atoms. The van der Waals surface area contributed by atoms with E-state index in [4.69, 9.17) is 0 Å². The lowest BCUT2D eigenvalue weighted by Gasteiger charge is -2.38. The largest absolute Gasteiger partial charge is 0.374 e. The third-order valence-electron chi connectivity index (χ3n) is 3.63. The van der Waals surface area contributed by atoms with Gasteiger partial charge >= 0.3 is 5.69 Å². The van der Waals surface area contributed by atoms with Crippen LogP contribution in [-0.2, 0) is 10.0 Å². The average Bonchev–Trinajstić information content (AvgIpc) is 2.79. The maximum atomic E-state index is 12.2. The first-order valence-electron chi connectivity index (χ1n) is 6.23. The van der Waals surface area contributed by atoms with Gasteiger partial charge in [0.05, 0.1) is 4.92 Å². The standard InChI is InChI=1S/C11H17N3O4S2/c1-11(4-3-5-11)7-13-20(17,18)9-6-8(14(15)16)10(12-2)19-9/h6,12-13H,3-5,7H2,1-2H3. The summed E-state index contributed by atoms with van der Waals surface area (Å²) in [7, 11) is -2.17. The molecule has 2 rings (SSSR count). The summed E-state index contributed by atoms with van der Waals surface area (Å²) in [5.41, 5.74) is -0.199. The van der Waals surface area contributed by atoms with Crippen LogP contribution in [0.3, 0.4) is 0 Å². The van der Waals surface area contributed by atoms with Crippen molar-refractivity contribution >= 4 is 32.0 Å². The first-order valence-corrected chi connectivity index (χ1v) is 8.53. The molecule has 2 N–H and O–H groups in total. The van der Waals surface area contributed by atoms with Gasteiger partial charge in [0.1, 0.15) is 4.21 Å². The summed E-state index contributed by atoms with van der Waals surface area (Å²) < 4.78 is 26.9. The van der Waals surface area contributed by atoms with Gasteiger partial charge in [-0.25, -0.2) is 13.1 Å². The molecule has 1 saturated carbocycles. The van der Waals surface area contributed by atoms with E-state index in [1.165, 1.54) is 7.05 Å². The molecule has 20 heavy (non-hydrogen) atoms. The topological polar surface area (TPSA) is 101 Å². The lowest BCUT2D eigenvalue weighted by molar-refractivity contribution is -0.383. The number of nitro groups is 1. The second-order valence-corrected chi connectivity index (χ2v) is 8.32. The molecule has 0 unspecified atom stereocenters. The highest BCUT2D eigenvalue weighted by Gasteiger charge is 2.34. The quantitative estimate of drug-likeness (QED) is 0.618. The molecule has 1 aromatic heterocycles. The van der Waals surface area contributed by atoms with E-state index in [2.05, 4.69) is 10.0 Å². The summed E-state index contributed by atoms with van der Waals surface area (Å²) in [6.45, 7) is 2.41. The van der Waals surface area contributed by atoms with Crippen molar-refractivity contribution < 1.29 is 13.3 Å². The minimum absolute atomic E-state index is 0.0160. The molecule has 1 heterocycles. The number of sulfonamides is 1. The molecule has 0 aliphatic heterocycles. The van der Waals surface area contributed by atoms with Gasteiger partial charge < -0.3 is 5.32 Å². The van der Waals surface area contributed by atoms with Crippen molar-refractivity contribution in [3.63, 3.8) is 0 Å². The van der Waals surface area contributed by atoms with Gasteiger partial charge in [-0.15, -0.1) is 0 Å². The van der Waals surface area contributed by atoms with Gasteiger partial charge in [0.25, 0.3) is 0 Å². The van der Waals surface area contributed by atoms with E-state index < -0.39 is 14.9 Å². The Kier molecular flexibility index (Phi) is 4.03. The molecule has 9 heteroatoms. The molecule has 0 saturated heterocycles. The van der Waals surface area contributed by atoms with Crippen molar-refractivity contribution in [3.05, 3.63) is 16.2 Å². The molecule has 0 atom stereocenters. The van der Waals surface area contributed by atoms with Gasteiger partial charge in [-0.3, -0.25) is 10.1 Å². The lowest BCUT2D eigenvalue weighted by Crippen LogP contribution is -2.39. The van der Waals surface area contributed by atoms with Gasteiger partial charge in [0.15, 0.2) is 5.00 Å². The minimum atomic E-state index is -3.69. The maximum Gasteiger partial charge on any atom is 0.304 e. The van der Waals surface area contributed by atoms with Crippen LogP contribution in [0.4, 0.5) is 10.7 Å². The summed E-state index contributed by atoms with van der Waals surface area (Å²) in [5.74, 6) is 0. The molecule has 1 aliphatic rings. The second-order valence-electron chi connectivity index (χ2n) is 5.28. The van der Waals surface area contributed by atoms with Gasteiger partial charge in [-0.05, 0) is 18.3 Å². The van der Waals surface area contributed by atoms with Gasteiger partial charge in [0, 0.05) is 19.7 Å². The molecule has 0 amide bonds. The number of nitrogens with one attached hydrogen (secondary N) is 2. The van der Waals surface area contributed by atoms with Crippen molar-refractivity contribution in [1.82, 2.24) is 4.72 Å². The van der Waals surface area contributed by atoms with Gasteiger partial charge in [-0.2, -0.15) is 0 Å². The van der Waals surface area contributed by atoms with Crippen LogP contribution < -0.4 is 10.0 Å². The van der Waals surface area contributed by atoms with E-state index in [9.17, 15) is 18.5 Å². The summed E-state index contributed by atoms with van der Waals surface area (Å²) >= 11 is 0.868. The predicted octanol–water partition coefficient (Wildman–Crippen LogP) is 2.17. The Bertz CT molecular complexity index is 620. The smallest absolute Gasteiger partial charge is 0.304 e. The summed E-state index contributed by atoms with van der Waals surface area (Å²) in [6, 6.07) is 1.10. The van der Waals surface area contributed by atoms with Gasteiger partial charge in [-0.1, -0.05) is 24.7 Å². The molecule has 1 aromatic rings. The maximum absolute atomic E-state index is 12.2. The van der Waals surface area contributed by atoms with Crippen LogP contribution in [0, 0.1) is 15.5 Å². The van der Waals surface area contributed by atoms with Crippen molar-refractivity contribution in [2.24, 2.45) is 5.41 Å². The Morgan fingerprint density at radius 3 is 2.55 bits per heavy atom. The number of thiophene rings is 1. The molecule has 0 aromatic carbocycles. The molecule has 112 valence electrons. The van der Waals surface area contributed by atoms with Crippen LogP contribution in [0.1, 0.15) is 26.2 Å². The molecular formula is C11H17N3O4S2. The van der Waals surface area contributed by atoms with Crippen molar-refractivity contribution in [3.8, 4) is 0 Å². The second kappa shape index (κ2) is 5.30. The third-order valence-corrected chi connectivity index (χ3v) is 6.64. The van der Waals surface area contributed by atoms with Crippen molar-refractivity contribution in [2.75, 3.05) is 18.9 Å². The van der Waals surface area contributed by atoms with Crippen LogP contribution in [0.5, 0.6) is 0 Å². The summed E-state index contributed by atoms with van der Waals surface area (Å²) in [5, 5.41) is 13.7. The number of anilines is 1. The van der Waals surface area contributed by atoms with Crippen molar-refractivity contribution in [2.45, 2.75) is 30.4 Å². The number of hydrogen-bond donors (Lipinski definition) is 2. The fourth-order valence-corrected chi connectivity index (χ4v) is 4.63. The van der Waals surface area contributed by atoms with Crippen LogP contribution in [-0.4, -0.2) is 26.9 Å². The highest BCUT2D eigenvalue weighted by molar-refractivity contribution is 7.91. The first kappa shape index (κ1) is 15.2. The van der Waals surface area contributed by atoms with E-state index in [1.54, 1.807) is 0 Å². The zero-order chi connectivity index (χ0) is 15.0. The molecular weight excluding hydrogens is 302 g/mol. The molecule has 7 nitrogen and oxygen atoms in total.